The molecule has 1 N–H and O–H groups in total. The highest BCUT2D eigenvalue weighted by molar-refractivity contribution is 7.97. The molecule has 3 aromatic rings. The van der Waals surface area contributed by atoms with Crippen LogP contribution in [0.1, 0.15) is 10.0 Å². The zero-order valence-electron chi connectivity index (χ0n) is 15.8. The molecule has 13 heteroatoms. The number of hydrogen-bond donors (Lipinski definition) is 1. The van der Waals surface area contributed by atoms with Gasteiger partial charge in [-0.05, 0) is 24.3 Å². The monoisotopic (exact) mass is 499 g/mol. The van der Waals surface area contributed by atoms with Crippen LogP contribution in [-0.2, 0) is 41.2 Å². The summed E-state index contributed by atoms with van der Waals surface area (Å²) in [5.74, 6) is -1.07. The van der Waals surface area contributed by atoms with Crippen LogP contribution in [0.25, 0.3) is 0 Å². The Balaban J connectivity index is 1.67. The van der Waals surface area contributed by atoms with E-state index in [1.54, 1.807) is 36.4 Å². The Morgan fingerprint density at radius 2 is 1.29 bits per heavy atom. The second-order valence-electron chi connectivity index (χ2n) is 6.25. The molecule has 31 heavy (non-hydrogen) atoms. The van der Waals surface area contributed by atoms with Gasteiger partial charge >= 0.3 is 0 Å². The van der Waals surface area contributed by atoms with Gasteiger partial charge in [-0.25, -0.2) is 25.3 Å². The Morgan fingerprint density at radius 3 is 1.90 bits per heavy atom. The minimum absolute atomic E-state index is 0.0317. The number of aromatic nitrogens is 2. The number of hydrogen-bond acceptors (Lipinski definition) is 9. The van der Waals surface area contributed by atoms with Crippen LogP contribution in [-0.4, -0.2) is 35.5 Å². The van der Waals surface area contributed by atoms with Crippen LogP contribution in [0.5, 0.6) is 0 Å². The van der Waals surface area contributed by atoms with Crippen molar-refractivity contribution in [2.24, 2.45) is 0 Å². The highest BCUT2D eigenvalue weighted by atomic mass is 32.2. The largest absolute Gasteiger partial charge is 0.283 e. The van der Waals surface area contributed by atoms with Crippen LogP contribution >= 0.6 is 11.3 Å². The van der Waals surface area contributed by atoms with Crippen molar-refractivity contribution >= 4 is 46.7 Å². The van der Waals surface area contributed by atoms with Gasteiger partial charge in [-0.3, -0.25) is 4.72 Å². The highest BCUT2D eigenvalue weighted by Crippen LogP contribution is 2.19. The third-order valence-corrected chi connectivity index (χ3v) is 9.02. The van der Waals surface area contributed by atoms with E-state index in [4.69, 9.17) is 0 Å². The average Bonchev–Trinajstić information content (AvgIpc) is 3.13. The summed E-state index contributed by atoms with van der Waals surface area (Å²) in [7, 11) is -11.6. The Labute approximate surface area is 184 Å². The summed E-state index contributed by atoms with van der Waals surface area (Å²) in [6, 6.07) is 15.7. The van der Waals surface area contributed by atoms with Crippen LogP contribution in [0.15, 0.2) is 76.4 Å². The third kappa shape index (κ3) is 6.95. The van der Waals surface area contributed by atoms with Crippen molar-refractivity contribution < 1.29 is 25.3 Å². The normalized spacial score (nSPS) is 12.8. The first-order valence-corrected chi connectivity index (χ1v) is 14.4. The van der Waals surface area contributed by atoms with E-state index in [0.717, 1.165) is 11.3 Å². The molecule has 0 spiro atoms. The predicted octanol–water partition coefficient (Wildman–Crippen LogP) is 2.34. The van der Waals surface area contributed by atoms with Crippen molar-refractivity contribution in [1.82, 2.24) is 10.2 Å². The molecule has 9 nitrogen and oxygen atoms in total. The topological polar surface area (TPSA) is 140 Å². The minimum atomic E-state index is -3.97. The lowest BCUT2D eigenvalue weighted by Crippen LogP contribution is -2.14. The maximum atomic E-state index is 12.3. The standard InChI is InChI=1S/C18H17N3O6S4/c22-29(23,11-12-30(24,25)16-9-5-2-6-10-16)13-17-19-20-18(28-17)14-31(26,27)21-15-7-3-1-4-8-15/h1-12,21H,13-14H2/b12-11+. The van der Waals surface area contributed by atoms with Crippen molar-refractivity contribution in [3.63, 3.8) is 0 Å². The summed E-state index contributed by atoms with van der Waals surface area (Å²) in [6.07, 6.45) is 0. The fourth-order valence-corrected chi connectivity index (χ4v) is 7.63. The first-order valence-electron chi connectivity index (χ1n) is 8.62. The summed E-state index contributed by atoms with van der Waals surface area (Å²) in [5.41, 5.74) is 0.388. The molecule has 3 rings (SSSR count). The summed E-state index contributed by atoms with van der Waals surface area (Å²) < 4.78 is 75.8. The Hall–Kier alpha value is -2.61. The highest BCUT2D eigenvalue weighted by Gasteiger charge is 2.19. The molecule has 0 aliphatic carbocycles. The molecule has 164 valence electrons. The zero-order valence-corrected chi connectivity index (χ0v) is 19.1. The Morgan fingerprint density at radius 1 is 0.742 bits per heavy atom. The van der Waals surface area contributed by atoms with Crippen LogP contribution < -0.4 is 4.72 Å². The Bertz CT molecular complexity index is 1380. The number of rotatable bonds is 9. The number of anilines is 1. The molecule has 0 aliphatic heterocycles. The van der Waals surface area contributed by atoms with Gasteiger partial charge in [-0.15, -0.1) is 10.2 Å². The van der Waals surface area contributed by atoms with Gasteiger partial charge in [0.15, 0.2) is 9.84 Å². The zero-order chi connectivity index (χ0) is 22.5. The molecule has 0 saturated heterocycles. The molecule has 0 amide bonds. The van der Waals surface area contributed by atoms with E-state index in [-0.39, 0.29) is 14.9 Å². The summed E-state index contributed by atoms with van der Waals surface area (Å²) >= 11 is 0.823. The van der Waals surface area contributed by atoms with E-state index < -0.39 is 41.2 Å². The van der Waals surface area contributed by atoms with Crippen molar-refractivity contribution in [2.75, 3.05) is 4.72 Å². The third-order valence-electron chi connectivity index (χ3n) is 3.71. The van der Waals surface area contributed by atoms with E-state index in [0.29, 0.717) is 16.5 Å². The van der Waals surface area contributed by atoms with E-state index in [1.165, 1.54) is 24.3 Å². The van der Waals surface area contributed by atoms with Gasteiger partial charge in [0.05, 0.1) is 4.90 Å². The number of para-hydroxylation sites is 1. The molecule has 1 heterocycles. The molecule has 0 saturated carbocycles. The second-order valence-corrected chi connectivity index (χ2v) is 12.8. The maximum Gasteiger partial charge on any atom is 0.239 e. The average molecular weight is 500 g/mol. The van der Waals surface area contributed by atoms with E-state index in [9.17, 15) is 25.3 Å². The molecule has 0 atom stereocenters. The SMILES string of the molecule is O=S(=O)(/C=C/S(=O)(=O)c1ccccc1)Cc1nnc(CS(=O)(=O)Nc2ccccc2)s1. The molecular weight excluding hydrogens is 482 g/mol. The van der Waals surface area contributed by atoms with Crippen molar-refractivity contribution in [1.29, 1.82) is 0 Å². The molecule has 0 aliphatic rings. The molecule has 1 aromatic heterocycles. The van der Waals surface area contributed by atoms with E-state index in [2.05, 4.69) is 14.9 Å². The van der Waals surface area contributed by atoms with Gasteiger partial charge in [0.1, 0.15) is 21.5 Å². The van der Waals surface area contributed by atoms with Crippen LogP contribution in [0.4, 0.5) is 5.69 Å². The summed E-state index contributed by atoms with van der Waals surface area (Å²) in [6.45, 7) is 0. The molecule has 0 bridgehead atoms. The van der Waals surface area contributed by atoms with Gasteiger partial charge < -0.3 is 0 Å². The van der Waals surface area contributed by atoms with Crippen LogP contribution in [0.3, 0.4) is 0 Å². The predicted molar refractivity (Wildman–Crippen MR) is 118 cm³/mol. The van der Waals surface area contributed by atoms with Gasteiger partial charge in [-0.1, -0.05) is 47.7 Å². The number of benzene rings is 2. The molecule has 0 unspecified atom stereocenters. The van der Waals surface area contributed by atoms with Crippen LogP contribution in [0.2, 0.25) is 0 Å². The summed E-state index contributed by atoms with van der Waals surface area (Å²) in [5, 5.41) is 8.81. The van der Waals surface area contributed by atoms with Gasteiger partial charge in [0, 0.05) is 16.5 Å². The van der Waals surface area contributed by atoms with Gasteiger partial charge in [0.2, 0.25) is 19.9 Å². The number of sulfonamides is 1. The molecule has 0 fully saturated rings. The first-order chi connectivity index (χ1) is 14.5. The minimum Gasteiger partial charge on any atom is -0.283 e. The van der Waals surface area contributed by atoms with Crippen molar-refractivity contribution in [3.8, 4) is 0 Å². The number of nitrogens with zero attached hydrogens (tertiary/aromatic N) is 2. The van der Waals surface area contributed by atoms with Crippen LogP contribution in [0, 0.1) is 0 Å². The fraction of sp³-hybridized carbons (Fsp3) is 0.111. The smallest absolute Gasteiger partial charge is 0.239 e. The van der Waals surface area contributed by atoms with Gasteiger partial charge in [-0.2, -0.15) is 0 Å². The lowest BCUT2D eigenvalue weighted by atomic mass is 10.3. The Kier molecular flexibility index (Phi) is 6.89. The van der Waals surface area contributed by atoms with Crippen molar-refractivity contribution in [2.45, 2.75) is 16.4 Å². The molecular formula is C18H17N3O6S4. The van der Waals surface area contributed by atoms with Crippen molar-refractivity contribution in [3.05, 3.63) is 81.5 Å². The number of sulfone groups is 2. The fourth-order valence-electron chi connectivity index (χ4n) is 2.36. The lowest BCUT2D eigenvalue weighted by Gasteiger charge is -2.05. The van der Waals surface area contributed by atoms with E-state index >= 15 is 0 Å². The summed E-state index contributed by atoms with van der Waals surface area (Å²) in [4.78, 5) is -0.0317. The molecule has 2 aromatic carbocycles. The number of nitrogens with one attached hydrogen (secondary N) is 1. The van der Waals surface area contributed by atoms with Gasteiger partial charge in [0.25, 0.3) is 0 Å². The maximum absolute atomic E-state index is 12.3. The van der Waals surface area contributed by atoms with E-state index in [1.807, 2.05) is 0 Å². The molecule has 0 radical (unpaired) electrons. The quantitative estimate of drug-likeness (QED) is 0.473. The first kappa shape index (κ1) is 23.1. The lowest BCUT2D eigenvalue weighted by molar-refractivity contribution is 0.599. The second kappa shape index (κ2) is 9.26.